The molecule has 1 aromatic carbocycles. The van der Waals surface area contributed by atoms with Gasteiger partial charge in [-0.05, 0) is 17.1 Å². The van der Waals surface area contributed by atoms with Gasteiger partial charge in [0.1, 0.15) is 10.1 Å². The van der Waals surface area contributed by atoms with E-state index >= 15 is 0 Å². The van der Waals surface area contributed by atoms with E-state index in [1.807, 2.05) is 0 Å². The molecule has 0 aliphatic carbocycles. The first-order chi connectivity index (χ1) is 7.50. The topological polar surface area (TPSA) is 155 Å². The Balaban J connectivity index is 0.00000256. The molecule has 0 unspecified atom stereocenters. The Morgan fingerprint density at radius 3 is 2.24 bits per heavy atom. The predicted molar refractivity (Wildman–Crippen MR) is 52.0 cm³/mol. The van der Waals surface area contributed by atoms with Crippen LogP contribution in [0.5, 0.6) is 0 Å². The molecule has 0 heterocycles. The number of rotatable bonds is 3. The molecule has 0 atom stereocenters. The zero-order valence-electron chi connectivity index (χ0n) is 8.55. The molecule has 0 bridgehead atoms. The molecule has 0 aliphatic rings. The van der Waals surface area contributed by atoms with Gasteiger partial charge in [-0.3, -0.25) is 0 Å². The molecule has 0 spiro atoms. The summed E-state index contributed by atoms with van der Waals surface area (Å²) in [6, 6.07) is 3.38. The molecule has 82 valence electrons. The second-order valence-corrected chi connectivity index (χ2v) is 3.80. The fraction of sp³-hybridized carbons (Fsp3) is 0. The molecule has 0 aromatic heterocycles. The van der Waals surface area contributed by atoms with Gasteiger partial charge < -0.3 is 4.55 Å². The molecule has 11 heteroatoms. The maximum Gasteiger partial charge on any atom is 1.00 e. The van der Waals surface area contributed by atoms with E-state index in [4.69, 9.17) is 11.1 Å². The van der Waals surface area contributed by atoms with Gasteiger partial charge in [-0.25, -0.2) is 8.42 Å². The largest absolute Gasteiger partial charge is 1.00 e. The third-order valence-electron chi connectivity index (χ3n) is 1.54. The van der Waals surface area contributed by atoms with E-state index in [9.17, 15) is 13.0 Å². The van der Waals surface area contributed by atoms with Crippen LogP contribution in [0.15, 0.2) is 33.3 Å². The Labute approximate surface area is 118 Å². The molecular formula is C6H3N6NaO3S. The summed E-state index contributed by atoms with van der Waals surface area (Å²) in [5, 5.41) is 6.14. The average Bonchev–Trinajstić information content (AvgIpc) is 2.19. The molecule has 17 heavy (non-hydrogen) atoms. The Bertz CT molecular complexity index is 617. The standard InChI is InChI=1S/C6H4N6O3S.Na/c7-11-9-4-2-1-3-5(16(13,14)15)6(4)10-12-8;/h1-3H,(H,13,14,15);/q;+1/p-1. The Morgan fingerprint density at radius 1 is 1.18 bits per heavy atom. The van der Waals surface area contributed by atoms with Crippen LogP contribution in [-0.4, -0.2) is 13.0 Å². The summed E-state index contributed by atoms with van der Waals surface area (Å²) < 4.78 is 32.4. The minimum absolute atomic E-state index is 0. The van der Waals surface area contributed by atoms with Crippen molar-refractivity contribution in [3.63, 3.8) is 0 Å². The van der Waals surface area contributed by atoms with Crippen LogP contribution in [-0.2, 0) is 10.1 Å². The fourth-order valence-electron chi connectivity index (χ4n) is 0.987. The monoisotopic (exact) mass is 262 g/mol. The summed E-state index contributed by atoms with van der Waals surface area (Å²) >= 11 is 0. The van der Waals surface area contributed by atoms with Crippen LogP contribution in [0.1, 0.15) is 0 Å². The minimum atomic E-state index is -4.79. The van der Waals surface area contributed by atoms with Crippen LogP contribution in [0.25, 0.3) is 20.9 Å². The maximum atomic E-state index is 10.8. The van der Waals surface area contributed by atoms with Crippen molar-refractivity contribution >= 4 is 21.5 Å². The van der Waals surface area contributed by atoms with Crippen molar-refractivity contribution in [3.05, 3.63) is 39.1 Å². The minimum Gasteiger partial charge on any atom is -0.744 e. The van der Waals surface area contributed by atoms with Crippen LogP contribution in [0.2, 0.25) is 0 Å². The Morgan fingerprint density at radius 2 is 1.76 bits per heavy atom. The van der Waals surface area contributed by atoms with Gasteiger partial charge in [0.2, 0.25) is 0 Å². The summed E-state index contributed by atoms with van der Waals surface area (Å²) in [6.45, 7) is 0. The molecule has 0 saturated carbocycles. The van der Waals surface area contributed by atoms with Gasteiger partial charge >= 0.3 is 29.6 Å². The average molecular weight is 262 g/mol. The first kappa shape index (κ1) is 15.8. The zero-order chi connectivity index (χ0) is 12.2. The second kappa shape index (κ2) is 6.48. The predicted octanol–water partition coefficient (Wildman–Crippen LogP) is -0.522. The normalized spacial score (nSPS) is 9.47. The Kier molecular flexibility index (Phi) is 6.00. The molecule has 0 saturated heterocycles. The van der Waals surface area contributed by atoms with Gasteiger partial charge in [0.25, 0.3) is 0 Å². The van der Waals surface area contributed by atoms with Gasteiger partial charge in [-0.2, -0.15) is 0 Å². The van der Waals surface area contributed by atoms with E-state index in [0.29, 0.717) is 0 Å². The van der Waals surface area contributed by atoms with Crippen molar-refractivity contribution in [1.29, 1.82) is 0 Å². The first-order valence-corrected chi connectivity index (χ1v) is 5.10. The van der Waals surface area contributed by atoms with Gasteiger partial charge in [0.15, 0.2) is 0 Å². The number of nitrogens with zero attached hydrogens (tertiary/aromatic N) is 6. The number of hydrogen-bond donors (Lipinski definition) is 0. The SMILES string of the molecule is [N-]=[N+]=Nc1cccc(S(=O)(=O)[O-])c1N=[N+]=[N-].[Na+]. The van der Waals surface area contributed by atoms with Crippen LogP contribution < -0.4 is 29.6 Å². The first-order valence-electron chi connectivity index (χ1n) is 3.70. The molecule has 0 radical (unpaired) electrons. The van der Waals surface area contributed by atoms with E-state index in [1.165, 1.54) is 12.1 Å². The number of benzene rings is 1. The van der Waals surface area contributed by atoms with Crippen molar-refractivity contribution in [2.24, 2.45) is 10.2 Å². The van der Waals surface area contributed by atoms with E-state index in [0.717, 1.165) is 6.07 Å². The second-order valence-electron chi connectivity index (χ2n) is 2.46. The summed E-state index contributed by atoms with van der Waals surface area (Å²) in [5.74, 6) is 0. The summed E-state index contributed by atoms with van der Waals surface area (Å²) in [4.78, 5) is 4.05. The summed E-state index contributed by atoms with van der Waals surface area (Å²) in [5.41, 5.74) is 15.7. The van der Waals surface area contributed by atoms with Crippen LogP contribution in [0.3, 0.4) is 0 Å². The van der Waals surface area contributed by atoms with Crippen LogP contribution in [0, 0.1) is 0 Å². The van der Waals surface area contributed by atoms with Gasteiger partial charge in [0, 0.05) is 15.5 Å². The quantitative estimate of drug-likeness (QED) is 0.236. The molecule has 1 rings (SSSR count). The third-order valence-corrected chi connectivity index (χ3v) is 2.41. The van der Waals surface area contributed by atoms with Crippen molar-refractivity contribution < 1.29 is 42.5 Å². The Hall–Kier alpha value is -1.25. The molecule has 0 fully saturated rings. The van der Waals surface area contributed by atoms with Gasteiger partial charge in [-0.1, -0.05) is 22.4 Å². The number of hydrogen-bond acceptors (Lipinski definition) is 5. The number of azide groups is 2. The third kappa shape index (κ3) is 3.91. The maximum absolute atomic E-state index is 10.8. The van der Waals surface area contributed by atoms with Crippen LogP contribution in [0.4, 0.5) is 11.4 Å². The van der Waals surface area contributed by atoms with Gasteiger partial charge in [-0.15, -0.1) is 0 Å². The molecule has 0 aliphatic heterocycles. The zero-order valence-corrected chi connectivity index (χ0v) is 11.4. The van der Waals surface area contributed by atoms with Crippen molar-refractivity contribution in [2.75, 3.05) is 0 Å². The van der Waals surface area contributed by atoms with E-state index < -0.39 is 20.7 Å². The van der Waals surface area contributed by atoms with Crippen molar-refractivity contribution in [2.45, 2.75) is 4.90 Å². The van der Waals surface area contributed by atoms with Crippen molar-refractivity contribution in [3.8, 4) is 0 Å². The van der Waals surface area contributed by atoms with E-state index in [1.54, 1.807) is 0 Å². The summed E-state index contributed by atoms with van der Waals surface area (Å²) in [7, 11) is -4.79. The molecule has 9 nitrogen and oxygen atoms in total. The fourth-order valence-corrected chi connectivity index (χ4v) is 1.61. The smallest absolute Gasteiger partial charge is 0.744 e. The van der Waals surface area contributed by atoms with Crippen LogP contribution >= 0.6 is 0 Å². The van der Waals surface area contributed by atoms with E-state index in [2.05, 4.69) is 20.1 Å². The molecule has 0 amide bonds. The molecule has 0 N–H and O–H groups in total. The van der Waals surface area contributed by atoms with Gasteiger partial charge in [0.05, 0.1) is 10.6 Å². The molecular weight excluding hydrogens is 259 g/mol. The summed E-state index contributed by atoms with van der Waals surface area (Å²) in [6.07, 6.45) is 0. The van der Waals surface area contributed by atoms with Crippen molar-refractivity contribution in [1.82, 2.24) is 0 Å². The molecule has 1 aromatic rings. The van der Waals surface area contributed by atoms with E-state index in [-0.39, 0.29) is 35.2 Å².